The van der Waals surface area contributed by atoms with Crippen molar-refractivity contribution >= 4 is 23.4 Å². The highest BCUT2D eigenvalue weighted by Gasteiger charge is 2.33. The Labute approximate surface area is 161 Å². The van der Waals surface area contributed by atoms with Crippen molar-refractivity contribution in [3.8, 4) is 6.07 Å². The summed E-state index contributed by atoms with van der Waals surface area (Å²) in [4.78, 5) is 25.9. The molecule has 3 rings (SSSR count). The zero-order chi connectivity index (χ0) is 20.3. The Kier molecular flexibility index (Phi) is 5.78. The lowest BCUT2D eigenvalue weighted by Crippen LogP contribution is -2.38. The molecule has 2 amide bonds. The van der Waals surface area contributed by atoms with E-state index < -0.39 is 24.2 Å². The van der Waals surface area contributed by atoms with Crippen molar-refractivity contribution in [1.82, 2.24) is 5.32 Å². The van der Waals surface area contributed by atoms with E-state index in [0.29, 0.717) is 24.2 Å². The molecule has 1 aromatic rings. The van der Waals surface area contributed by atoms with Gasteiger partial charge in [0.05, 0.1) is 37.1 Å². The number of nitrogens with zero attached hydrogens (tertiary/aromatic N) is 3. The van der Waals surface area contributed by atoms with E-state index >= 15 is 0 Å². The number of benzene rings is 1. The van der Waals surface area contributed by atoms with Gasteiger partial charge in [0.25, 0.3) is 0 Å². The summed E-state index contributed by atoms with van der Waals surface area (Å²) < 4.78 is 34.0. The number of nitriles is 1. The summed E-state index contributed by atoms with van der Waals surface area (Å²) in [6, 6.07) is 6.12. The molecule has 9 heteroatoms. The zero-order valence-electron chi connectivity index (χ0n) is 15.3. The normalized spacial score (nSPS) is 23.5. The van der Waals surface area contributed by atoms with Crippen molar-refractivity contribution in [2.24, 2.45) is 0 Å². The second-order valence-corrected chi connectivity index (χ2v) is 6.70. The number of carbonyl (C=O) groups excluding carboxylic acids is 2. The highest BCUT2D eigenvalue weighted by Crippen LogP contribution is 2.31. The first-order valence-electron chi connectivity index (χ1n) is 8.88. The first kappa shape index (κ1) is 19.6. The number of hydrogen-bond acceptors (Lipinski definition) is 5. The molecule has 1 N–H and O–H groups in total. The van der Waals surface area contributed by atoms with Crippen LogP contribution in [0.25, 0.3) is 0 Å². The smallest absolute Gasteiger partial charge is 0.414 e. The van der Waals surface area contributed by atoms with Crippen molar-refractivity contribution in [3.63, 3.8) is 0 Å². The van der Waals surface area contributed by atoms with Crippen LogP contribution in [-0.4, -0.2) is 50.5 Å². The van der Waals surface area contributed by atoms with E-state index in [2.05, 4.69) is 5.32 Å². The van der Waals surface area contributed by atoms with Gasteiger partial charge in [-0.2, -0.15) is 5.26 Å². The van der Waals surface area contributed by atoms with Crippen LogP contribution < -0.4 is 15.1 Å². The molecule has 2 aliphatic heterocycles. The van der Waals surface area contributed by atoms with Gasteiger partial charge in [-0.25, -0.2) is 13.6 Å². The van der Waals surface area contributed by atoms with E-state index in [1.807, 2.05) is 6.07 Å². The number of ether oxygens (including phenoxy) is 1. The molecule has 0 saturated carbocycles. The van der Waals surface area contributed by atoms with Crippen LogP contribution in [-0.2, 0) is 9.53 Å². The number of amides is 2. The number of cyclic esters (lactones) is 1. The second kappa shape index (κ2) is 8.25. The number of halogens is 2. The first-order chi connectivity index (χ1) is 13.4. The molecule has 7 nitrogen and oxygen atoms in total. The Morgan fingerprint density at radius 1 is 1.46 bits per heavy atom. The SMILES string of the molecule is CC(=O)NCC1CN(c2ccc(N3CC/C(=C/C#N)C(F)C3)c(F)c2)C(=O)O1. The molecule has 0 aliphatic carbocycles. The molecule has 2 aliphatic rings. The third-order valence-electron chi connectivity index (χ3n) is 4.74. The number of hydrogen-bond donors (Lipinski definition) is 1. The lowest BCUT2D eigenvalue weighted by atomic mass is 10.0. The molecule has 0 radical (unpaired) electrons. The van der Waals surface area contributed by atoms with Gasteiger partial charge in [0, 0.05) is 19.5 Å². The fourth-order valence-corrected chi connectivity index (χ4v) is 3.30. The van der Waals surface area contributed by atoms with Gasteiger partial charge in [-0.1, -0.05) is 0 Å². The molecular formula is C19H20F2N4O3. The van der Waals surface area contributed by atoms with Crippen LogP contribution in [0.1, 0.15) is 13.3 Å². The molecule has 2 unspecified atom stereocenters. The second-order valence-electron chi connectivity index (χ2n) is 6.70. The largest absolute Gasteiger partial charge is 0.442 e. The first-order valence-corrected chi connectivity index (χ1v) is 8.88. The Morgan fingerprint density at radius 2 is 2.25 bits per heavy atom. The summed E-state index contributed by atoms with van der Waals surface area (Å²) >= 11 is 0. The van der Waals surface area contributed by atoms with Crippen molar-refractivity contribution in [2.75, 3.05) is 36.0 Å². The summed E-state index contributed by atoms with van der Waals surface area (Å²) in [7, 11) is 0. The van der Waals surface area contributed by atoms with Gasteiger partial charge in [0.15, 0.2) is 0 Å². The molecule has 0 spiro atoms. The lowest BCUT2D eigenvalue weighted by molar-refractivity contribution is -0.119. The number of anilines is 2. The van der Waals surface area contributed by atoms with Crippen molar-refractivity contribution in [2.45, 2.75) is 25.6 Å². The molecule has 0 aromatic heterocycles. The van der Waals surface area contributed by atoms with Crippen molar-refractivity contribution in [1.29, 1.82) is 5.26 Å². The number of alkyl halides is 1. The van der Waals surface area contributed by atoms with E-state index in [9.17, 15) is 18.4 Å². The van der Waals surface area contributed by atoms with Crippen LogP contribution in [0.3, 0.4) is 0 Å². The van der Waals surface area contributed by atoms with E-state index in [1.54, 1.807) is 11.0 Å². The fraction of sp³-hybridized carbons (Fsp3) is 0.421. The van der Waals surface area contributed by atoms with Crippen molar-refractivity contribution < 1.29 is 23.1 Å². The number of nitrogens with one attached hydrogen (secondary N) is 1. The Balaban J connectivity index is 1.69. The maximum absolute atomic E-state index is 14.7. The molecule has 28 heavy (non-hydrogen) atoms. The lowest BCUT2D eigenvalue weighted by Gasteiger charge is -2.32. The highest BCUT2D eigenvalue weighted by atomic mass is 19.1. The van der Waals surface area contributed by atoms with Crippen LogP contribution in [0, 0.1) is 17.1 Å². The monoisotopic (exact) mass is 390 g/mol. The summed E-state index contributed by atoms with van der Waals surface area (Å²) in [6.45, 7) is 2.10. The molecule has 0 bridgehead atoms. The van der Waals surface area contributed by atoms with Crippen LogP contribution >= 0.6 is 0 Å². The van der Waals surface area contributed by atoms with Gasteiger partial charge in [0.1, 0.15) is 18.1 Å². The van der Waals surface area contributed by atoms with E-state index in [4.69, 9.17) is 10.00 Å². The van der Waals surface area contributed by atoms with Gasteiger partial charge >= 0.3 is 6.09 Å². The highest BCUT2D eigenvalue weighted by molar-refractivity contribution is 5.90. The van der Waals surface area contributed by atoms with Gasteiger partial charge in [0.2, 0.25) is 5.91 Å². The number of rotatable bonds is 4. The minimum absolute atomic E-state index is 0.0334. The quantitative estimate of drug-likeness (QED) is 0.798. The zero-order valence-corrected chi connectivity index (χ0v) is 15.3. The molecule has 2 heterocycles. The van der Waals surface area contributed by atoms with E-state index in [0.717, 1.165) is 0 Å². The number of piperidine rings is 1. The summed E-state index contributed by atoms with van der Waals surface area (Å²) in [5.41, 5.74) is 0.987. The summed E-state index contributed by atoms with van der Waals surface area (Å²) in [5, 5.41) is 11.2. The van der Waals surface area contributed by atoms with E-state index in [-0.39, 0.29) is 31.2 Å². The predicted octanol–water partition coefficient (Wildman–Crippen LogP) is 2.29. The maximum atomic E-state index is 14.7. The van der Waals surface area contributed by atoms with Crippen LogP contribution in [0.2, 0.25) is 0 Å². The Hall–Kier alpha value is -3.15. The number of carbonyl (C=O) groups is 2. The minimum atomic E-state index is -1.32. The fourth-order valence-electron chi connectivity index (χ4n) is 3.30. The Morgan fingerprint density at radius 3 is 2.89 bits per heavy atom. The average Bonchev–Trinajstić information content (AvgIpc) is 3.02. The standard InChI is InChI=1S/C19H20F2N4O3/c1-12(26)23-9-15-10-25(19(27)28-15)14-2-3-18(16(20)8-14)24-7-5-13(4-6-22)17(21)11-24/h2-4,8,15,17H,5,7,9-11H2,1H3,(H,23,26)/b13-4-. The van der Waals surface area contributed by atoms with Crippen LogP contribution in [0.15, 0.2) is 29.8 Å². The van der Waals surface area contributed by atoms with Gasteiger partial charge < -0.3 is 15.0 Å². The summed E-state index contributed by atoms with van der Waals surface area (Å²) in [5.74, 6) is -0.805. The van der Waals surface area contributed by atoms with Crippen molar-refractivity contribution in [3.05, 3.63) is 35.7 Å². The van der Waals surface area contributed by atoms with Gasteiger partial charge in [-0.15, -0.1) is 0 Å². The maximum Gasteiger partial charge on any atom is 0.414 e. The molecule has 148 valence electrons. The number of allylic oxidation sites excluding steroid dienone is 1. The minimum Gasteiger partial charge on any atom is -0.442 e. The third-order valence-corrected chi connectivity index (χ3v) is 4.74. The molecule has 1 aromatic carbocycles. The van der Waals surface area contributed by atoms with Crippen LogP contribution in [0.4, 0.5) is 25.0 Å². The van der Waals surface area contributed by atoms with Gasteiger partial charge in [-0.05, 0) is 30.2 Å². The molecular weight excluding hydrogens is 370 g/mol. The topological polar surface area (TPSA) is 85.7 Å². The van der Waals surface area contributed by atoms with Gasteiger partial charge in [-0.3, -0.25) is 9.69 Å². The van der Waals surface area contributed by atoms with Crippen LogP contribution in [0.5, 0.6) is 0 Å². The summed E-state index contributed by atoms with van der Waals surface area (Å²) in [6.07, 6.45) is -0.901. The Bertz CT molecular complexity index is 852. The third kappa shape index (κ3) is 4.22. The molecule has 2 atom stereocenters. The molecule has 2 fully saturated rings. The molecule has 2 saturated heterocycles. The predicted molar refractivity (Wildman–Crippen MR) is 98.1 cm³/mol. The average molecular weight is 390 g/mol. The van der Waals surface area contributed by atoms with E-state index in [1.165, 1.54) is 30.0 Å².